The number of nitrogens with zero attached hydrogens (tertiary/aromatic N) is 1. The van der Waals surface area contributed by atoms with Crippen LogP contribution in [0.25, 0.3) is 0 Å². The molecule has 1 aromatic rings. The van der Waals surface area contributed by atoms with E-state index in [1.165, 1.54) is 12.5 Å². The molecule has 1 aliphatic carbocycles. The van der Waals surface area contributed by atoms with Gasteiger partial charge in [-0.2, -0.15) is 0 Å². The highest BCUT2D eigenvalue weighted by atomic mass is 32.2. The van der Waals surface area contributed by atoms with Crippen LogP contribution < -0.4 is 10.5 Å². The van der Waals surface area contributed by atoms with Crippen LogP contribution in [0.2, 0.25) is 0 Å². The molecule has 0 aromatic carbocycles. The van der Waals surface area contributed by atoms with Gasteiger partial charge < -0.3 is 10.7 Å². The Morgan fingerprint density at radius 2 is 2.38 bits per heavy atom. The molecule has 1 fully saturated rings. The van der Waals surface area contributed by atoms with Gasteiger partial charge in [0.05, 0.1) is 12.5 Å². The Kier molecular flexibility index (Phi) is 3.27. The van der Waals surface area contributed by atoms with Gasteiger partial charge in [0.2, 0.25) is 0 Å². The van der Waals surface area contributed by atoms with Crippen LogP contribution in [0.1, 0.15) is 19.3 Å². The van der Waals surface area contributed by atoms with E-state index in [1.807, 2.05) is 0 Å². The molecule has 0 saturated heterocycles. The fourth-order valence-corrected chi connectivity index (χ4v) is 3.01. The number of imidazole rings is 1. The van der Waals surface area contributed by atoms with Crippen molar-refractivity contribution in [1.29, 1.82) is 0 Å². The first-order chi connectivity index (χ1) is 7.58. The van der Waals surface area contributed by atoms with E-state index in [4.69, 9.17) is 5.73 Å². The highest BCUT2D eigenvalue weighted by molar-refractivity contribution is 7.89. The topological polar surface area (TPSA) is 101 Å². The van der Waals surface area contributed by atoms with E-state index < -0.39 is 10.0 Å². The lowest BCUT2D eigenvalue weighted by Crippen LogP contribution is -2.29. The van der Waals surface area contributed by atoms with Crippen molar-refractivity contribution >= 4 is 10.0 Å². The molecule has 90 valence electrons. The highest BCUT2D eigenvalue weighted by Gasteiger charge is 2.24. The average molecular weight is 244 g/mol. The lowest BCUT2D eigenvalue weighted by molar-refractivity contribution is 0.511. The first kappa shape index (κ1) is 11.6. The van der Waals surface area contributed by atoms with Crippen molar-refractivity contribution in [2.45, 2.75) is 30.3 Å². The number of sulfonamides is 1. The fraction of sp³-hybridized carbons (Fsp3) is 0.667. The summed E-state index contributed by atoms with van der Waals surface area (Å²) in [6, 6.07) is 0.224. The van der Waals surface area contributed by atoms with Gasteiger partial charge in [0.1, 0.15) is 0 Å². The second kappa shape index (κ2) is 4.52. The van der Waals surface area contributed by atoms with Gasteiger partial charge in [0.25, 0.3) is 10.0 Å². The Bertz CT molecular complexity index is 428. The predicted octanol–water partition coefficient (Wildman–Crippen LogP) is -0.185. The molecule has 1 saturated carbocycles. The van der Waals surface area contributed by atoms with Gasteiger partial charge in [-0.15, -0.1) is 0 Å². The van der Waals surface area contributed by atoms with Crippen molar-refractivity contribution in [2.24, 2.45) is 11.7 Å². The summed E-state index contributed by atoms with van der Waals surface area (Å²) in [5, 5.41) is 0.106. The van der Waals surface area contributed by atoms with Gasteiger partial charge in [-0.05, 0) is 25.2 Å². The van der Waals surface area contributed by atoms with Gasteiger partial charge in [0, 0.05) is 12.6 Å². The first-order valence-electron chi connectivity index (χ1n) is 5.31. The minimum absolute atomic E-state index is 0.106. The zero-order valence-corrected chi connectivity index (χ0v) is 9.70. The maximum Gasteiger partial charge on any atom is 0.257 e. The zero-order valence-electron chi connectivity index (χ0n) is 8.89. The van der Waals surface area contributed by atoms with Crippen LogP contribution >= 0.6 is 0 Å². The monoisotopic (exact) mass is 244 g/mol. The molecule has 0 aliphatic heterocycles. The number of hydrogen-bond acceptors (Lipinski definition) is 4. The van der Waals surface area contributed by atoms with Crippen LogP contribution in [0.5, 0.6) is 0 Å². The first-order valence-corrected chi connectivity index (χ1v) is 6.80. The Morgan fingerprint density at radius 1 is 1.56 bits per heavy atom. The van der Waals surface area contributed by atoms with Gasteiger partial charge >= 0.3 is 0 Å². The maximum absolute atomic E-state index is 11.7. The van der Waals surface area contributed by atoms with Crippen LogP contribution in [0.15, 0.2) is 17.6 Å². The Morgan fingerprint density at radius 3 is 2.94 bits per heavy atom. The standard InChI is InChI=1S/C9H16N4O2S/c10-8-2-1-7(3-8)4-13-16(14,15)9-5-11-6-12-9/h5-8,13H,1-4,10H2,(H,11,12). The second-order valence-electron chi connectivity index (χ2n) is 4.21. The Labute approximate surface area is 94.7 Å². The number of aromatic amines is 1. The van der Waals surface area contributed by atoms with Crippen molar-refractivity contribution in [1.82, 2.24) is 14.7 Å². The van der Waals surface area contributed by atoms with Crippen LogP contribution in [0, 0.1) is 5.92 Å². The molecule has 2 unspecified atom stereocenters. The van der Waals surface area contributed by atoms with Crippen molar-refractivity contribution in [3.8, 4) is 0 Å². The minimum atomic E-state index is -3.43. The summed E-state index contributed by atoms with van der Waals surface area (Å²) in [4.78, 5) is 6.26. The molecule has 0 bridgehead atoms. The minimum Gasteiger partial charge on any atom is -0.335 e. The third kappa shape index (κ3) is 2.60. The molecule has 0 radical (unpaired) electrons. The summed E-state index contributed by atoms with van der Waals surface area (Å²) in [7, 11) is -3.43. The number of hydrogen-bond donors (Lipinski definition) is 3. The summed E-state index contributed by atoms with van der Waals surface area (Å²) < 4.78 is 26.0. The van der Waals surface area contributed by atoms with Gasteiger partial charge in [-0.3, -0.25) is 0 Å². The molecule has 1 aromatic heterocycles. The van der Waals surface area contributed by atoms with Crippen LogP contribution in [0.4, 0.5) is 0 Å². The quantitative estimate of drug-likeness (QED) is 0.683. The van der Waals surface area contributed by atoms with Crippen LogP contribution in [-0.4, -0.2) is 31.0 Å². The molecule has 6 nitrogen and oxygen atoms in total. The summed E-state index contributed by atoms with van der Waals surface area (Å²) in [6.07, 6.45) is 5.51. The van der Waals surface area contributed by atoms with E-state index in [-0.39, 0.29) is 11.1 Å². The van der Waals surface area contributed by atoms with Crippen LogP contribution in [-0.2, 0) is 10.0 Å². The van der Waals surface area contributed by atoms with E-state index in [0.717, 1.165) is 19.3 Å². The lowest BCUT2D eigenvalue weighted by atomic mass is 10.1. The third-order valence-electron chi connectivity index (χ3n) is 2.91. The SMILES string of the molecule is NC1CCC(CNS(=O)(=O)c2cnc[nH]2)C1. The number of rotatable bonds is 4. The Balaban J connectivity index is 1.91. The smallest absolute Gasteiger partial charge is 0.257 e. The number of H-pyrrole nitrogens is 1. The third-order valence-corrected chi connectivity index (χ3v) is 4.26. The molecular weight excluding hydrogens is 228 g/mol. The highest BCUT2D eigenvalue weighted by Crippen LogP contribution is 2.23. The molecule has 1 heterocycles. The van der Waals surface area contributed by atoms with Gasteiger partial charge in [-0.1, -0.05) is 0 Å². The summed E-state index contributed by atoms with van der Waals surface area (Å²) in [5.74, 6) is 0.354. The number of nitrogens with two attached hydrogens (primary N) is 1. The van der Waals surface area contributed by atoms with E-state index in [0.29, 0.717) is 12.5 Å². The molecular formula is C9H16N4O2S. The van der Waals surface area contributed by atoms with E-state index >= 15 is 0 Å². The van der Waals surface area contributed by atoms with E-state index in [9.17, 15) is 8.42 Å². The molecule has 0 spiro atoms. The summed E-state index contributed by atoms with van der Waals surface area (Å²) in [5.41, 5.74) is 5.77. The normalized spacial score (nSPS) is 26.1. The van der Waals surface area contributed by atoms with Crippen molar-refractivity contribution in [3.05, 3.63) is 12.5 Å². The summed E-state index contributed by atoms with van der Waals surface area (Å²) >= 11 is 0. The van der Waals surface area contributed by atoms with Gasteiger partial charge in [-0.25, -0.2) is 18.1 Å². The lowest BCUT2D eigenvalue weighted by Gasteiger charge is -2.10. The van der Waals surface area contributed by atoms with Crippen molar-refractivity contribution in [2.75, 3.05) is 6.54 Å². The molecule has 2 atom stereocenters. The average Bonchev–Trinajstić information content (AvgIpc) is 2.85. The summed E-state index contributed by atoms with van der Waals surface area (Å²) in [6.45, 7) is 0.453. The molecule has 4 N–H and O–H groups in total. The zero-order chi connectivity index (χ0) is 11.6. The predicted molar refractivity (Wildman–Crippen MR) is 59.1 cm³/mol. The molecule has 16 heavy (non-hydrogen) atoms. The molecule has 2 rings (SSSR count). The van der Waals surface area contributed by atoms with Crippen molar-refractivity contribution < 1.29 is 8.42 Å². The molecule has 0 amide bonds. The second-order valence-corrected chi connectivity index (χ2v) is 5.94. The number of aromatic nitrogens is 2. The fourth-order valence-electron chi connectivity index (χ4n) is 1.99. The molecule has 7 heteroatoms. The van der Waals surface area contributed by atoms with E-state index in [1.54, 1.807) is 0 Å². The van der Waals surface area contributed by atoms with Crippen molar-refractivity contribution in [3.63, 3.8) is 0 Å². The van der Waals surface area contributed by atoms with Crippen LogP contribution in [0.3, 0.4) is 0 Å². The maximum atomic E-state index is 11.7. The van der Waals surface area contributed by atoms with Gasteiger partial charge in [0.15, 0.2) is 5.03 Å². The van der Waals surface area contributed by atoms with E-state index in [2.05, 4.69) is 14.7 Å². The molecule has 1 aliphatic rings. The number of nitrogens with one attached hydrogen (secondary N) is 2. The Hall–Kier alpha value is -0.920. The largest absolute Gasteiger partial charge is 0.335 e.